The molecule has 6 heteroatoms. The Balaban J connectivity index is 2.73. The van der Waals surface area contributed by atoms with E-state index in [1.807, 2.05) is 19.9 Å². The van der Waals surface area contributed by atoms with Crippen LogP contribution < -0.4 is 5.32 Å². The Morgan fingerprint density at radius 2 is 2.15 bits per heavy atom. The number of nitrogens with zero attached hydrogens (tertiary/aromatic N) is 2. The minimum atomic E-state index is -0.387. The van der Waals surface area contributed by atoms with Gasteiger partial charge in [-0.25, -0.2) is 0 Å². The van der Waals surface area contributed by atoms with Gasteiger partial charge in [0.15, 0.2) is 0 Å². The summed E-state index contributed by atoms with van der Waals surface area (Å²) in [5.74, 6) is 0.000890. The van der Waals surface area contributed by atoms with Crippen LogP contribution in [0.15, 0.2) is 18.2 Å². The van der Waals surface area contributed by atoms with E-state index in [2.05, 4.69) is 5.32 Å². The molecule has 0 heterocycles. The van der Waals surface area contributed by atoms with E-state index in [-0.39, 0.29) is 29.1 Å². The Morgan fingerprint density at radius 1 is 1.50 bits per heavy atom. The van der Waals surface area contributed by atoms with E-state index < -0.39 is 0 Å². The van der Waals surface area contributed by atoms with Gasteiger partial charge in [-0.3, -0.25) is 14.9 Å². The first-order valence-corrected chi connectivity index (χ1v) is 6.59. The number of aryl methyl sites for hydroxylation is 1. The molecule has 1 atom stereocenters. The smallest absolute Gasteiger partial charge is 0.272 e. The standard InChI is InChI=1S/C14H21N3O3/c1-5-16(4)14(18)9-15-11(3)12-7-6-10(2)13(8-12)17(19)20/h6-8,11,15H,5,9H2,1-4H3. The lowest BCUT2D eigenvalue weighted by Gasteiger charge is -2.18. The maximum Gasteiger partial charge on any atom is 0.272 e. The molecule has 0 fully saturated rings. The van der Waals surface area contributed by atoms with Crippen LogP contribution in [0.4, 0.5) is 5.69 Å². The quantitative estimate of drug-likeness (QED) is 0.638. The normalized spacial score (nSPS) is 12.0. The van der Waals surface area contributed by atoms with Crippen LogP contribution in [0.25, 0.3) is 0 Å². The molecule has 1 N–H and O–H groups in total. The molecule has 0 bridgehead atoms. The second kappa shape index (κ2) is 7.00. The van der Waals surface area contributed by atoms with Crippen LogP contribution in [0.5, 0.6) is 0 Å². The molecule has 110 valence electrons. The van der Waals surface area contributed by atoms with Gasteiger partial charge in [-0.1, -0.05) is 12.1 Å². The van der Waals surface area contributed by atoms with E-state index in [0.717, 1.165) is 5.56 Å². The van der Waals surface area contributed by atoms with Crippen molar-refractivity contribution >= 4 is 11.6 Å². The topological polar surface area (TPSA) is 75.5 Å². The number of benzene rings is 1. The predicted octanol–water partition coefficient (Wildman–Crippen LogP) is 2.03. The summed E-state index contributed by atoms with van der Waals surface area (Å²) in [6.07, 6.45) is 0. The molecule has 1 unspecified atom stereocenters. The van der Waals surface area contributed by atoms with Crippen molar-refractivity contribution in [3.63, 3.8) is 0 Å². The molecule has 0 aliphatic carbocycles. The van der Waals surface area contributed by atoms with Gasteiger partial charge < -0.3 is 10.2 Å². The molecule has 6 nitrogen and oxygen atoms in total. The van der Waals surface area contributed by atoms with Crippen molar-refractivity contribution in [3.8, 4) is 0 Å². The van der Waals surface area contributed by atoms with Crippen molar-refractivity contribution in [2.75, 3.05) is 20.1 Å². The molecule has 1 rings (SSSR count). The highest BCUT2D eigenvalue weighted by Gasteiger charge is 2.15. The van der Waals surface area contributed by atoms with Gasteiger partial charge in [-0.15, -0.1) is 0 Å². The first-order chi connectivity index (χ1) is 9.36. The van der Waals surface area contributed by atoms with Crippen molar-refractivity contribution in [2.45, 2.75) is 26.8 Å². The zero-order valence-electron chi connectivity index (χ0n) is 12.3. The van der Waals surface area contributed by atoms with Crippen LogP contribution in [0.2, 0.25) is 0 Å². The molecular formula is C14H21N3O3. The Bertz CT molecular complexity index is 502. The minimum absolute atomic E-state index is 0.000890. The summed E-state index contributed by atoms with van der Waals surface area (Å²) < 4.78 is 0. The van der Waals surface area contributed by atoms with Gasteiger partial charge in [0.25, 0.3) is 5.69 Å². The number of hydrogen-bond acceptors (Lipinski definition) is 4. The summed E-state index contributed by atoms with van der Waals surface area (Å²) in [6.45, 7) is 6.37. The monoisotopic (exact) mass is 279 g/mol. The number of nitro groups is 1. The van der Waals surface area contributed by atoms with Gasteiger partial charge in [0.05, 0.1) is 11.5 Å². The third-order valence-electron chi connectivity index (χ3n) is 3.39. The number of carbonyl (C=O) groups is 1. The molecule has 0 aliphatic heterocycles. The molecule has 0 saturated carbocycles. The lowest BCUT2D eigenvalue weighted by Crippen LogP contribution is -2.36. The van der Waals surface area contributed by atoms with E-state index in [1.54, 1.807) is 31.0 Å². The zero-order valence-corrected chi connectivity index (χ0v) is 12.3. The maximum absolute atomic E-state index is 11.7. The Morgan fingerprint density at radius 3 is 2.70 bits per heavy atom. The molecule has 1 aromatic rings. The number of rotatable bonds is 6. The van der Waals surface area contributed by atoms with Crippen LogP contribution in [-0.2, 0) is 4.79 Å². The molecule has 1 amide bonds. The van der Waals surface area contributed by atoms with E-state index in [1.165, 1.54) is 0 Å². The van der Waals surface area contributed by atoms with Crippen LogP contribution in [0.3, 0.4) is 0 Å². The average Bonchev–Trinajstić information content (AvgIpc) is 2.43. The van der Waals surface area contributed by atoms with Crippen molar-refractivity contribution < 1.29 is 9.72 Å². The van der Waals surface area contributed by atoms with Crippen LogP contribution in [-0.4, -0.2) is 35.9 Å². The first kappa shape index (κ1) is 16.1. The van der Waals surface area contributed by atoms with E-state index in [9.17, 15) is 14.9 Å². The zero-order chi connectivity index (χ0) is 15.3. The van der Waals surface area contributed by atoms with Gasteiger partial charge in [0.2, 0.25) is 5.91 Å². The van der Waals surface area contributed by atoms with Crippen LogP contribution in [0.1, 0.15) is 31.0 Å². The molecule has 0 aromatic heterocycles. The first-order valence-electron chi connectivity index (χ1n) is 6.59. The summed E-state index contributed by atoms with van der Waals surface area (Å²) in [5.41, 5.74) is 1.54. The van der Waals surface area contributed by atoms with Crippen LogP contribution >= 0.6 is 0 Å². The lowest BCUT2D eigenvalue weighted by molar-refractivity contribution is -0.385. The fraction of sp³-hybridized carbons (Fsp3) is 0.500. The molecule has 0 aliphatic rings. The minimum Gasteiger partial charge on any atom is -0.345 e. The van der Waals surface area contributed by atoms with E-state index in [0.29, 0.717) is 12.1 Å². The second-order valence-corrected chi connectivity index (χ2v) is 4.81. The molecular weight excluding hydrogens is 258 g/mol. The Labute approximate surface area is 118 Å². The van der Waals surface area contributed by atoms with Crippen molar-refractivity contribution in [1.82, 2.24) is 10.2 Å². The van der Waals surface area contributed by atoms with Gasteiger partial charge in [-0.05, 0) is 26.3 Å². The lowest BCUT2D eigenvalue weighted by atomic mass is 10.0. The number of nitro benzene ring substituents is 1. The number of carbonyl (C=O) groups excluding carboxylic acids is 1. The number of likely N-dealkylation sites (N-methyl/N-ethyl adjacent to an activating group) is 1. The summed E-state index contributed by atoms with van der Waals surface area (Å²) >= 11 is 0. The Hall–Kier alpha value is -1.95. The molecule has 0 radical (unpaired) electrons. The number of nitrogens with one attached hydrogen (secondary N) is 1. The van der Waals surface area contributed by atoms with Crippen LogP contribution in [0, 0.1) is 17.0 Å². The summed E-state index contributed by atoms with van der Waals surface area (Å²) in [7, 11) is 1.74. The summed E-state index contributed by atoms with van der Waals surface area (Å²) in [5, 5.41) is 14.0. The van der Waals surface area contributed by atoms with Gasteiger partial charge in [-0.2, -0.15) is 0 Å². The predicted molar refractivity (Wildman–Crippen MR) is 77.6 cm³/mol. The highest BCUT2D eigenvalue weighted by molar-refractivity contribution is 5.77. The highest BCUT2D eigenvalue weighted by atomic mass is 16.6. The van der Waals surface area contributed by atoms with E-state index in [4.69, 9.17) is 0 Å². The van der Waals surface area contributed by atoms with Crippen molar-refractivity contribution in [3.05, 3.63) is 39.4 Å². The third kappa shape index (κ3) is 4.03. The van der Waals surface area contributed by atoms with Crippen molar-refractivity contribution in [1.29, 1.82) is 0 Å². The number of amides is 1. The van der Waals surface area contributed by atoms with Gasteiger partial charge >= 0.3 is 0 Å². The van der Waals surface area contributed by atoms with Crippen molar-refractivity contribution in [2.24, 2.45) is 0 Å². The molecule has 0 spiro atoms. The molecule has 0 saturated heterocycles. The molecule has 1 aromatic carbocycles. The largest absolute Gasteiger partial charge is 0.345 e. The fourth-order valence-corrected chi connectivity index (χ4v) is 1.76. The third-order valence-corrected chi connectivity index (χ3v) is 3.39. The summed E-state index contributed by atoms with van der Waals surface area (Å²) in [4.78, 5) is 23.8. The SMILES string of the molecule is CCN(C)C(=O)CNC(C)c1ccc(C)c([N+](=O)[O-])c1. The van der Waals surface area contributed by atoms with E-state index >= 15 is 0 Å². The summed E-state index contributed by atoms with van der Waals surface area (Å²) in [6, 6.07) is 5.00. The number of hydrogen-bond donors (Lipinski definition) is 1. The maximum atomic E-state index is 11.7. The average molecular weight is 279 g/mol. The van der Waals surface area contributed by atoms with Gasteiger partial charge in [0, 0.05) is 31.3 Å². The fourth-order valence-electron chi connectivity index (χ4n) is 1.76. The van der Waals surface area contributed by atoms with Gasteiger partial charge in [0.1, 0.15) is 0 Å². The molecule has 20 heavy (non-hydrogen) atoms. The second-order valence-electron chi connectivity index (χ2n) is 4.81. The Kier molecular flexibility index (Phi) is 5.64. The highest BCUT2D eigenvalue weighted by Crippen LogP contribution is 2.23.